The van der Waals surface area contributed by atoms with Crippen molar-refractivity contribution in [2.45, 2.75) is 12.0 Å². The number of amides is 1. The van der Waals surface area contributed by atoms with E-state index in [0.29, 0.717) is 23.4 Å². The van der Waals surface area contributed by atoms with Crippen LogP contribution in [0, 0.1) is 0 Å². The van der Waals surface area contributed by atoms with Gasteiger partial charge in [0.25, 0.3) is 5.91 Å². The van der Waals surface area contributed by atoms with E-state index >= 15 is 0 Å². The normalized spacial score (nSPS) is 23.2. The van der Waals surface area contributed by atoms with Crippen molar-refractivity contribution in [1.82, 2.24) is 5.32 Å². The van der Waals surface area contributed by atoms with Crippen molar-refractivity contribution < 1.29 is 14.7 Å². The number of carbonyl (C=O) groups is 2. The van der Waals surface area contributed by atoms with Gasteiger partial charge in [-0.25, -0.2) is 4.79 Å². The van der Waals surface area contributed by atoms with Gasteiger partial charge in [-0.3, -0.25) is 4.79 Å². The fourth-order valence-corrected chi connectivity index (χ4v) is 3.94. The molecule has 0 radical (unpaired) electrons. The predicted molar refractivity (Wildman–Crippen MR) is 77.8 cm³/mol. The smallest absolute Gasteiger partial charge is 0.330 e. The first-order valence-corrected chi connectivity index (χ1v) is 7.85. The van der Waals surface area contributed by atoms with E-state index in [-0.39, 0.29) is 5.91 Å². The summed E-state index contributed by atoms with van der Waals surface area (Å²) in [5.41, 5.74) is 0.628. The molecule has 2 N–H and O–H groups in total. The summed E-state index contributed by atoms with van der Waals surface area (Å²) in [5.74, 6) is -0.229. The van der Waals surface area contributed by atoms with E-state index in [1.807, 2.05) is 0 Å². The Labute approximate surface area is 122 Å². The molecule has 0 bridgehead atoms. The van der Waals surface area contributed by atoms with Crippen LogP contribution in [0.25, 0.3) is 0 Å². The maximum Gasteiger partial charge on any atom is 0.330 e. The van der Waals surface area contributed by atoms with Crippen LogP contribution in [0.5, 0.6) is 0 Å². The van der Waals surface area contributed by atoms with Crippen LogP contribution in [0.4, 0.5) is 11.4 Å². The maximum atomic E-state index is 12.2. The minimum absolute atomic E-state index is 0.384. The lowest BCUT2D eigenvalue weighted by Crippen LogP contribution is -2.54. The highest BCUT2D eigenvalue weighted by atomic mass is 32.2. The monoisotopic (exact) mass is 309 g/mol. The molecule has 104 valence electrons. The molecule has 0 aliphatic carbocycles. The second-order valence-electron chi connectivity index (χ2n) is 4.61. The SMILES string of the molecule is O=C(NC1(C(=O)O)CCSC1)c1ccc2c(c1)N=S=N2. The van der Waals surface area contributed by atoms with Gasteiger partial charge in [0.05, 0.1) is 11.4 Å². The summed E-state index contributed by atoms with van der Waals surface area (Å²) in [6.45, 7) is 0. The molecule has 0 spiro atoms. The number of hydrogen-bond donors (Lipinski definition) is 2. The number of aliphatic carboxylic acids is 1. The van der Waals surface area contributed by atoms with Gasteiger partial charge in [-0.15, -0.1) is 0 Å². The summed E-state index contributed by atoms with van der Waals surface area (Å²) in [7, 11) is 0. The number of fused-ring (bicyclic) bond motifs is 1. The number of nitrogens with one attached hydrogen (secondary N) is 1. The van der Waals surface area contributed by atoms with Gasteiger partial charge in [0.1, 0.15) is 16.9 Å². The van der Waals surface area contributed by atoms with E-state index < -0.39 is 11.5 Å². The minimum atomic E-state index is -1.16. The summed E-state index contributed by atoms with van der Waals surface area (Å²) in [5, 5.41) is 12.0. The molecular formula is C12H11N3O3S2. The Hall–Kier alpha value is -1.67. The van der Waals surface area contributed by atoms with E-state index in [9.17, 15) is 14.7 Å². The molecule has 0 aromatic heterocycles. The molecule has 2 heterocycles. The van der Waals surface area contributed by atoms with Crippen molar-refractivity contribution in [1.29, 1.82) is 0 Å². The molecule has 1 unspecified atom stereocenters. The van der Waals surface area contributed by atoms with Crippen LogP contribution in [0.2, 0.25) is 0 Å². The van der Waals surface area contributed by atoms with Gasteiger partial charge in [-0.2, -0.15) is 20.5 Å². The largest absolute Gasteiger partial charge is 0.479 e. The molecule has 1 saturated heterocycles. The molecular weight excluding hydrogens is 298 g/mol. The van der Waals surface area contributed by atoms with Crippen LogP contribution in [-0.4, -0.2) is 34.0 Å². The molecule has 1 atom stereocenters. The molecule has 1 aromatic carbocycles. The summed E-state index contributed by atoms with van der Waals surface area (Å²) < 4.78 is 8.14. The van der Waals surface area contributed by atoms with E-state index in [2.05, 4.69) is 14.0 Å². The number of benzene rings is 1. The van der Waals surface area contributed by atoms with Gasteiger partial charge >= 0.3 is 5.97 Å². The zero-order valence-electron chi connectivity index (χ0n) is 10.3. The molecule has 1 fully saturated rings. The number of rotatable bonds is 3. The van der Waals surface area contributed by atoms with Crippen LogP contribution in [0.3, 0.4) is 0 Å². The number of carboxylic acids is 1. The van der Waals surface area contributed by atoms with Gasteiger partial charge in [-0.1, -0.05) is 0 Å². The molecule has 8 heteroatoms. The van der Waals surface area contributed by atoms with E-state index in [4.69, 9.17) is 0 Å². The molecule has 20 heavy (non-hydrogen) atoms. The van der Waals surface area contributed by atoms with Crippen molar-refractivity contribution in [3.05, 3.63) is 23.8 Å². The van der Waals surface area contributed by atoms with Gasteiger partial charge in [0.15, 0.2) is 0 Å². The molecule has 0 saturated carbocycles. The Balaban J connectivity index is 1.83. The third-order valence-electron chi connectivity index (χ3n) is 3.30. The number of carbonyl (C=O) groups excluding carboxylic acids is 1. The number of thioether (sulfide) groups is 1. The standard InChI is InChI=1S/C12H11N3O3S2/c16-10(13-12(11(17)18)3-4-19-6-12)7-1-2-8-9(5-7)15-20-14-8/h1-2,5H,3-4,6H2,(H,13,16)(H,17,18). The van der Waals surface area contributed by atoms with E-state index in [0.717, 1.165) is 22.8 Å². The number of nitrogens with zero attached hydrogens (tertiary/aromatic N) is 2. The van der Waals surface area contributed by atoms with Crippen LogP contribution < -0.4 is 5.32 Å². The van der Waals surface area contributed by atoms with E-state index in [1.54, 1.807) is 18.2 Å². The fourth-order valence-electron chi connectivity index (χ4n) is 2.10. The Morgan fingerprint density at radius 2 is 2.10 bits per heavy atom. The van der Waals surface area contributed by atoms with Crippen LogP contribution in [-0.2, 0) is 16.1 Å². The third-order valence-corrected chi connectivity index (χ3v) is 5.05. The molecule has 1 aromatic rings. The highest BCUT2D eigenvalue weighted by Gasteiger charge is 2.43. The average Bonchev–Trinajstić information content (AvgIpc) is 3.06. The fraction of sp³-hybridized carbons (Fsp3) is 0.333. The lowest BCUT2D eigenvalue weighted by Gasteiger charge is -2.24. The first kappa shape index (κ1) is 13.3. The van der Waals surface area contributed by atoms with Crippen molar-refractivity contribution in [3.8, 4) is 0 Å². The molecule has 1 amide bonds. The van der Waals surface area contributed by atoms with Crippen LogP contribution in [0.15, 0.2) is 26.9 Å². The number of hydrogen-bond acceptors (Lipinski definition) is 5. The Morgan fingerprint density at radius 3 is 2.80 bits per heavy atom. The lowest BCUT2D eigenvalue weighted by molar-refractivity contribution is -0.143. The van der Waals surface area contributed by atoms with Gasteiger partial charge in [-0.05, 0) is 30.4 Å². The highest BCUT2D eigenvalue weighted by molar-refractivity contribution is 7.99. The summed E-state index contributed by atoms with van der Waals surface area (Å²) >= 11 is 2.62. The van der Waals surface area contributed by atoms with Gasteiger partial charge in [0.2, 0.25) is 0 Å². The maximum absolute atomic E-state index is 12.2. The Morgan fingerprint density at radius 1 is 1.30 bits per heavy atom. The van der Waals surface area contributed by atoms with Crippen LogP contribution >= 0.6 is 11.8 Å². The third kappa shape index (κ3) is 2.25. The summed E-state index contributed by atoms with van der Waals surface area (Å²) in [6.07, 6.45) is 0.444. The first-order chi connectivity index (χ1) is 9.61. The number of carboxylic acid groups (broad SMARTS) is 1. The lowest BCUT2D eigenvalue weighted by atomic mass is 9.98. The Bertz CT molecular complexity index is 662. The minimum Gasteiger partial charge on any atom is -0.479 e. The summed E-state index contributed by atoms with van der Waals surface area (Å²) in [6, 6.07) is 4.98. The molecule has 2 aliphatic rings. The molecule has 2 aliphatic heterocycles. The van der Waals surface area contributed by atoms with Crippen molar-refractivity contribution in [2.75, 3.05) is 11.5 Å². The van der Waals surface area contributed by atoms with E-state index in [1.165, 1.54) is 11.8 Å². The topological polar surface area (TPSA) is 91.1 Å². The van der Waals surface area contributed by atoms with Gasteiger partial charge in [0, 0.05) is 11.3 Å². The average molecular weight is 309 g/mol. The van der Waals surface area contributed by atoms with Crippen molar-refractivity contribution in [3.63, 3.8) is 0 Å². The zero-order valence-corrected chi connectivity index (χ0v) is 12.0. The van der Waals surface area contributed by atoms with Crippen molar-refractivity contribution >= 4 is 46.4 Å². The second kappa shape index (κ2) is 5.02. The Kier molecular flexibility index (Phi) is 3.35. The quantitative estimate of drug-likeness (QED) is 0.908. The second-order valence-corrected chi connectivity index (χ2v) is 6.25. The predicted octanol–water partition coefficient (Wildman–Crippen LogP) is 2.10. The zero-order chi connectivity index (χ0) is 14.2. The summed E-state index contributed by atoms with van der Waals surface area (Å²) in [4.78, 5) is 23.7. The molecule has 3 rings (SSSR count). The van der Waals surface area contributed by atoms with Crippen molar-refractivity contribution in [2.24, 2.45) is 8.73 Å². The molecule has 6 nitrogen and oxygen atoms in total. The van der Waals surface area contributed by atoms with Crippen LogP contribution in [0.1, 0.15) is 16.8 Å². The highest BCUT2D eigenvalue weighted by Crippen LogP contribution is 2.33. The first-order valence-electron chi connectivity index (χ1n) is 5.97. The van der Waals surface area contributed by atoms with Gasteiger partial charge < -0.3 is 10.4 Å².